The highest BCUT2D eigenvalue weighted by molar-refractivity contribution is 7.91. The summed E-state index contributed by atoms with van der Waals surface area (Å²) in [6.45, 7) is 2.73. The van der Waals surface area contributed by atoms with Crippen LogP contribution in [0.2, 0.25) is 0 Å². The number of anilines is 2. The van der Waals surface area contributed by atoms with Crippen molar-refractivity contribution in [1.82, 2.24) is 9.97 Å². The number of hydrogen-bond donors (Lipinski definition) is 2. The van der Waals surface area contributed by atoms with E-state index < -0.39 is 9.84 Å². The van der Waals surface area contributed by atoms with Gasteiger partial charge in [-0.1, -0.05) is 30.3 Å². The molecule has 2 aromatic rings. The Morgan fingerprint density at radius 2 is 2.00 bits per heavy atom. The van der Waals surface area contributed by atoms with Gasteiger partial charge in [-0.3, -0.25) is 0 Å². The Hall–Kier alpha value is -2.15. The third-order valence-electron chi connectivity index (χ3n) is 4.21. The molecule has 1 saturated heterocycles. The van der Waals surface area contributed by atoms with E-state index in [0.717, 1.165) is 30.9 Å². The number of rotatable bonds is 7. The van der Waals surface area contributed by atoms with Gasteiger partial charge in [-0.05, 0) is 31.7 Å². The van der Waals surface area contributed by atoms with Gasteiger partial charge in [0.25, 0.3) is 0 Å². The Kier molecular flexibility index (Phi) is 5.53. The number of nitrogens with one attached hydrogen (secondary N) is 2. The molecule has 6 nitrogen and oxygen atoms in total. The summed E-state index contributed by atoms with van der Waals surface area (Å²) in [7, 11) is -2.91. The predicted octanol–water partition coefficient (Wildman–Crippen LogP) is 2.43. The van der Waals surface area contributed by atoms with Crippen molar-refractivity contribution in [3.05, 3.63) is 47.7 Å². The Balaban J connectivity index is 1.52. The zero-order chi connectivity index (χ0) is 17.7. The molecule has 134 valence electrons. The standard InChI is InChI=1S/C18H24N4O2S/c1-14-12-17(19-10-5-8-15-6-3-2-4-7-15)22-18(20-14)21-16-9-11-25(23,24)13-16/h2-4,6-7,12,16H,5,8-11,13H2,1H3,(H2,19,20,21,22). The second-order valence-electron chi connectivity index (χ2n) is 6.48. The van der Waals surface area contributed by atoms with Crippen LogP contribution < -0.4 is 10.6 Å². The highest BCUT2D eigenvalue weighted by Crippen LogP contribution is 2.17. The van der Waals surface area contributed by atoms with Crippen LogP contribution in [0.3, 0.4) is 0 Å². The fourth-order valence-corrected chi connectivity index (χ4v) is 4.64. The van der Waals surface area contributed by atoms with Crippen molar-refractivity contribution in [2.45, 2.75) is 32.2 Å². The molecule has 2 heterocycles. The van der Waals surface area contributed by atoms with Gasteiger partial charge in [0.2, 0.25) is 5.95 Å². The van der Waals surface area contributed by atoms with Crippen LogP contribution in [0.5, 0.6) is 0 Å². The van der Waals surface area contributed by atoms with Crippen molar-refractivity contribution in [3.8, 4) is 0 Å². The van der Waals surface area contributed by atoms with E-state index >= 15 is 0 Å². The number of hydrogen-bond acceptors (Lipinski definition) is 6. The van der Waals surface area contributed by atoms with Gasteiger partial charge in [0.1, 0.15) is 5.82 Å². The number of nitrogens with zero attached hydrogens (tertiary/aromatic N) is 2. The Morgan fingerprint density at radius 3 is 2.72 bits per heavy atom. The molecule has 1 aliphatic heterocycles. The van der Waals surface area contributed by atoms with Gasteiger partial charge in [0.15, 0.2) is 9.84 Å². The summed E-state index contributed by atoms with van der Waals surface area (Å²) < 4.78 is 23.1. The minimum Gasteiger partial charge on any atom is -0.370 e. The van der Waals surface area contributed by atoms with Gasteiger partial charge in [0, 0.05) is 24.3 Å². The summed E-state index contributed by atoms with van der Waals surface area (Å²) in [5, 5.41) is 6.48. The van der Waals surface area contributed by atoms with Crippen LogP contribution in [0, 0.1) is 6.92 Å². The smallest absolute Gasteiger partial charge is 0.225 e. The molecule has 0 aliphatic carbocycles. The lowest BCUT2D eigenvalue weighted by atomic mass is 10.1. The largest absolute Gasteiger partial charge is 0.370 e. The van der Waals surface area contributed by atoms with Gasteiger partial charge in [-0.15, -0.1) is 0 Å². The van der Waals surface area contributed by atoms with Crippen molar-refractivity contribution in [3.63, 3.8) is 0 Å². The monoisotopic (exact) mass is 360 g/mol. The van der Waals surface area contributed by atoms with E-state index in [1.54, 1.807) is 0 Å². The molecular formula is C18H24N4O2S. The molecule has 7 heteroatoms. The number of benzene rings is 1. The predicted molar refractivity (Wildman–Crippen MR) is 101 cm³/mol. The fraction of sp³-hybridized carbons (Fsp3) is 0.444. The lowest BCUT2D eigenvalue weighted by Crippen LogP contribution is -2.22. The quantitative estimate of drug-likeness (QED) is 0.738. The third-order valence-corrected chi connectivity index (χ3v) is 5.98. The van der Waals surface area contributed by atoms with Gasteiger partial charge in [-0.2, -0.15) is 4.98 Å². The Labute approximate surface area is 149 Å². The molecule has 25 heavy (non-hydrogen) atoms. The molecule has 3 rings (SSSR count). The third kappa shape index (κ3) is 5.42. The topological polar surface area (TPSA) is 84.0 Å². The normalized spacial score (nSPS) is 18.8. The van der Waals surface area contributed by atoms with E-state index in [1.807, 2.05) is 19.1 Å². The van der Waals surface area contributed by atoms with Crippen LogP contribution in [0.1, 0.15) is 24.1 Å². The summed E-state index contributed by atoms with van der Waals surface area (Å²) in [6.07, 6.45) is 2.64. The van der Waals surface area contributed by atoms with Crippen LogP contribution in [0.15, 0.2) is 36.4 Å². The molecule has 0 radical (unpaired) electrons. The first kappa shape index (κ1) is 17.7. The van der Waals surface area contributed by atoms with Crippen LogP contribution in [0.4, 0.5) is 11.8 Å². The van der Waals surface area contributed by atoms with Gasteiger partial charge >= 0.3 is 0 Å². The first-order valence-corrected chi connectivity index (χ1v) is 10.4. The molecule has 1 aromatic carbocycles. The van der Waals surface area contributed by atoms with E-state index in [-0.39, 0.29) is 17.5 Å². The average molecular weight is 360 g/mol. The minimum absolute atomic E-state index is 0.0993. The molecule has 1 aliphatic rings. The maximum absolute atomic E-state index is 11.6. The van der Waals surface area contributed by atoms with Gasteiger partial charge in [0.05, 0.1) is 11.5 Å². The molecule has 1 unspecified atom stereocenters. The minimum atomic E-state index is -2.91. The van der Waals surface area contributed by atoms with Crippen LogP contribution in [-0.2, 0) is 16.3 Å². The molecule has 1 aromatic heterocycles. The van der Waals surface area contributed by atoms with Crippen molar-refractivity contribution in [2.75, 3.05) is 28.7 Å². The molecule has 0 bridgehead atoms. The molecular weight excluding hydrogens is 336 g/mol. The van der Waals surface area contributed by atoms with Crippen LogP contribution in [-0.4, -0.2) is 42.5 Å². The maximum Gasteiger partial charge on any atom is 0.225 e. The van der Waals surface area contributed by atoms with E-state index in [1.165, 1.54) is 5.56 Å². The summed E-state index contributed by atoms with van der Waals surface area (Å²) in [5.74, 6) is 1.65. The lowest BCUT2D eigenvalue weighted by Gasteiger charge is -2.13. The summed E-state index contributed by atoms with van der Waals surface area (Å²) >= 11 is 0. The van der Waals surface area contributed by atoms with Gasteiger partial charge < -0.3 is 10.6 Å². The van der Waals surface area contributed by atoms with Crippen molar-refractivity contribution in [2.24, 2.45) is 0 Å². The van der Waals surface area contributed by atoms with Crippen molar-refractivity contribution < 1.29 is 8.42 Å². The van der Waals surface area contributed by atoms with E-state index in [2.05, 4.69) is 44.9 Å². The maximum atomic E-state index is 11.6. The Bertz CT molecular complexity index is 809. The van der Waals surface area contributed by atoms with Crippen LogP contribution in [0.25, 0.3) is 0 Å². The first-order chi connectivity index (χ1) is 12.0. The van der Waals surface area contributed by atoms with E-state index in [0.29, 0.717) is 12.4 Å². The van der Waals surface area contributed by atoms with Crippen molar-refractivity contribution in [1.29, 1.82) is 0 Å². The second kappa shape index (κ2) is 7.82. The Morgan fingerprint density at radius 1 is 1.20 bits per heavy atom. The zero-order valence-electron chi connectivity index (χ0n) is 14.4. The van der Waals surface area contributed by atoms with E-state index in [4.69, 9.17) is 0 Å². The summed E-state index contributed by atoms with van der Waals surface area (Å²) in [6, 6.07) is 12.2. The highest BCUT2D eigenvalue weighted by Gasteiger charge is 2.28. The highest BCUT2D eigenvalue weighted by atomic mass is 32.2. The first-order valence-electron chi connectivity index (χ1n) is 8.61. The van der Waals surface area contributed by atoms with Crippen molar-refractivity contribution >= 4 is 21.6 Å². The summed E-state index contributed by atoms with van der Waals surface area (Å²) in [5.41, 5.74) is 2.18. The van der Waals surface area contributed by atoms with Gasteiger partial charge in [-0.25, -0.2) is 13.4 Å². The van der Waals surface area contributed by atoms with Crippen LogP contribution >= 0.6 is 0 Å². The summed E-state index contributed by atoms with van der Waals surface area (Å²) in [4.78, 5) is 8.83. The molecule has 2 N–H and O–H groups in total. The van der Waals surface area contributed by atoms with E-state index in [9.17, 15) is 8.42 Å². The second-order valence-corrected chi connectivity index (χ2v) is 8.71. The number of aryl methyl sites for hydroxylation is 2. The zero-order valence-corrected chi connectivity index (χ0v) is 15.2. The number of sulfone groups is 1. The molecule has 0 saturated carbocycles. The molecule has 1 fully saturated rings. The molecule has 0 amide bonds. The molecule has 1 atom stereocenters. The number of aromatic nitrogens is 2. The fourth-order valence-electron chi connectivity index (χ4n) is 2.97. The lowest BCUT2D eigenvalue weighted by molar-refractivity contribution is 0.602. The molecule has 0 spiro atoms. The average Bonchev–Trinajstić information content (AvgIpc) is 2.91. The SMILES string of the molecule is Cc1cc(NCCCc2ccccc2)nc(NC2CCS(=O)(=O)C2)n1.